The second kappa shape index (κ2) is 10.1. The van der Waals surface area contributed by atoms with Crippen molar-refractivity contribution in [2.24, 2.45) is 0 Å². The number of carbonyl (C=O) groups is 2. The first-order valence-electron chi connectivity index (χ1n) is 10.9. The number of likely N-dealkylation sites (tertiary alicyclic amines) is 1. The van der Waals surface area contributed by atoms with Gasteiger partial charge in [-0.15, -0.1) is 0 Å². The molecule has 0 spiro atoms. The number of pyridine rings is 1. The summed E-state index contributed by atoms with van der Waals surface area (Å²) in [5.41, 5.74) is 0.100. The Kier molecular flexibility index (Phi) is 8.25. The van der Waals surface area contributed by atoms with Gasteiger partial charge >= 0.3 is 12.2 Å². The molecule has 1 aromatic rings. The van der Waals surface area contributed by atoms with Gasteiger partial charge < -0.3 is 19.7 Å². The van der Waals surface area contributed by atoms with Crippen molar-refractivity contribution < 1.29 is 27.8 Å². The van der Waals surface area contributed by atoms with Crippen molar-refractivity contribution in [1.82, 2.24) is 15.2 Å². The number of carbonyl (C=O) groups excluding carboxylic acids is 2. The Balaban J connectivity index is 2.01. The molecule has 2 amide bonds. The minimum atomic E-state index is -2.97. The minimum Gasteiger partial charge on any atom is -0.450 e. The Bertz CT molecular complexity index is 809. The van der Waals surface area contributed by atoms with Crippen molar-refractivity contribution in [3.8, 4) is 0 Å². The van der Waals surface area contributed by atoms with E-state index in [1.807, 2.05) is 0 Å². The lowest BCUT2D eigenvalue weighted by Gasteiger charge is -2.39. The van der Waals surface area contributed by atoms with Crippen LogP contribution >= 0.6 is 0 Å². The van der Waals surface area contributed by atoms with Gasteiger partial charge in [-0.05, 0) is 44.5 Å². The Hall–Kier alpha value is -2.23. The van der Waals surface area contributed by atoms with Crippen LogP contribution in [0, 0.1) is 0 Å². The molecule has 1 N–H and O–H groups in total. The van der Waals surface area contributed by atoms with Crippen molar-refractivity contribution >= 4 is 20.3 Å². The van der Waals surface area contributed by atoms with Crippen molar-refractivity contribution in [2.45, 2.75) is 76.9 Å². The fraction of sp³-hybridized carbons (Fsp3) is 0.682. The third-order valence-electron chi connectivity index (χ3n) is 5.02. The van der Waals surface area contributed by atoms with Gasteiger partial charge in [-0.2, -0.15) is 0 Å². The quantitative estimate of drug-likeness (QED) is 0.590. The number of ether oxygens (including phenoxy) is 2. The molecule has 0 saturated carbocycles. The van der Waals surface area contributed by atoms with Gasteiger partial charge in [0.1, 0.15) is 5.60 Å². The molecule has 2 rings (SSSR count). The van der Waals surface area contributed by atoms with Crippen LogP contribution < -0.4 is 5.32 Å². The maximum absolute atomic E-state index is 14.7. The number of alkyl carbamates (subject to hydrolysis) is 1. The monoisotopic (exact) mass is 471 g/mol. The summed E-state index contributed by atoms with van der Waals surface area (Å²) in [5.74, 6) is -4.16. The Labute approximate surface area is 189 Å². The van der Waals surface area contributed by atoms with E-state index in [2.05, 4.69) is 29.9 Å². The van der Waals surface area contributed by atoms with Crippen molar-refractivity contribution in [3.63, 3.8) is 0 Å². The highest BCUT2D eigenvalue weighted by molar-refractivity contribution is 6.76. The number of nitrogens with zero attached hydrogens (tertiary/aromatic N) is 2. The van der Waals surface area contributed by atoms with E-state index in [1.54, 1.807) is 26.8 Å². The summed E-state index contributed by atoms with van der Waals surface area (Å²) in [6.45, 7) is 12.0. The third-order valence-corrected chi connectivity index (χ3v) is 6.73. The van der Waals surface area contributed by atoms with Crippen molar-refractivity contribution in [2.75, 3.05) is 19.7 Å². The molecule has 180 valence electrons. The Morgan fingerprint density at radius 1 is 1.31 bits per heavy atom. The summed E-state index contributed by atoms with van der Waals surface area (Å²) < 4.78 is 40.0. The molecule has 0 aromatic carbocycles. The zero-order valence-corrected chi connectivity index (χ0v) is 20.8. The molecule has 1 unspecified atom stereocenters. The third kappa shape index (κ3) is 8.37. The summed E-state index contributed by atoms with van der Waals surface area (Å²) in [7, 11) is -1.30. The van der Waals surface area contributed by atoms with Crippen LogP contribution in [0.5, 0.6) is 0 Å². The van der Waals surface area contributed by atoms with E-state index in [0.29, 0.717) is 17.9 Å². The van der Waals surface area contributed by atoms with Gasteiger partial charge in [-0.25, -0.2) is 18.4 Å². The van der Waals surface area contributed by atoms with Crippen LogP contribution in [0.1, 0.15) is 44.4 Å². The highest BCUT2D eigenvalue weighted by Crippen LogP contribution is 2.40. The summed E-state index contributed by atoms with van der Waals surface area (Å²) in [6.07, 6.45) is -0.175. The van der Waals surface area contributed by atoms with Crippen LogP contribution in [-0.4, -0.2) is 61.4 Å². The highest BCUT2D eigenvalue weighted by Gasteiger charge is 2.46. The van der Waals surface area contributed by atoms with Gasteiger partial charge in [-0.1, -0.05) is 19.6 Å². The predicted molar refractivity (Wildman–Crippen MR) is 121 cm³/mol. The van der Waals surface area contributed by atoms with Gasteiger partial charge in [0.2, 0.25) is 0 Å². The molecule has 0 radical (unpaired) electrons. The van der Waals surface area contributed by atoms with Gasteiger partial charge in [-0.3, -0.25) is 4.98 Å². The predicted octanol–water partition coefficient (Wildman–Crippen LogP) is 5.01. The average Bonchev–Trinajstić information content (AvgIpc) is 2.64. The zero-order chi connectivity index (χ0) is 24.2. The average molecular weight is 472 g/mol. The first-order valence-corrected chi connectivity index (χ1v) is 14.6. The standard InChI is InChI=1S/C22H35F2N3O4Si/c1-21(2,3)31-20(29)27-10-8-22(23,24)18(15-27)16-7-9-25-17(13-16)14-26-19(28)30-11-12-32(4,5)6/h7,9,13,18H,8,10-12,14-15H2,1-6H3,(H,26,28). The van der Waals surface area contributed by atoms with E-state index in [1.165, 1.54) is 17.2 Å². The maximum Gasteiger partial charge on any atom is 0.410 e. The van der Waals surface area contributed by atoms with Crippen LogP contribution in [0.25, 0.3) is 0 Å². The smallest absolute Gasteiger partial charge is 0.410 e. The number of alkyl halides is 2. The lowest BCUT2D eigenvalue weighted by Crippen LogP contribution is -2.49. The molecule has 1 fully saturated rings. The zero-order valence-electron chi connectivity index (χ0n) is 19.8. The number of rotatable bonds is 6. The van der Waals surface area contributed by atoms with Gasteiger partial charge in [0.05, 0.1) is 24.8 Å². The lowest BCUT2D eigenvalue weighted by molar-refractivity contribution is -0.0771. The SMILES string of the molecule is CC(C)(C)OC(=O)N1CCC(F)(F)C(c2ccnc(CNC(=O)OCC[Si](C)(C)C)c2)C1. The molecule has 32 heavy (non-hydrogen) atoms. The summed E-state index contributed by atoms with van der Waals surface area (Å²) in [6, 6.07) is 3.92. The second-order valence-electron chi connectivity index (χ2n) is 10.4. The van der Waals surface area contributed by atoms with E-state index < -0.39 is 44.1 Å². The fourth-order valence-corrected chi connectivity index (χ4v) is 3.93. The van der Waals surface area contributed by atoms with Crippen LogP contribution in [0.2, 0.25) is 25.7 Å². The number of amides is 2. The summed E-state index contributed by atoms with van der Waals surface area (Å²) >= 11 is 0. The molecular weight excluding hydrogens is 436 g/mol. The Morgan fingerprint density at radius 2 is 2.00 bits per heavy atom. The molecule has 7 nitrogen and oxygen atoms in total. The minimum absolute atomic E-state index is 0.0632. The number of aromatic nitrogens is 1. The number of nitrogens with one attached hydrogen (secondary N) is 1. The van der Waals surface area contributed by atoms with E-state index in [0.717, 1.165) is 6.04 Å². The second-order valence-corrected chi connectivity index (χ2v) is 16.0. The first-order chi connectivity index (χ1) is 14.7. The molecule has 1 aliphatic heterocycles. The van der Waals surface area contributed by atoms with E-state index in [-0.39, 0.29) is 19.6 Å². The fourth-order valence-electron chi connectivity index (χ4n) is 3.22. The van der Waals surface area contributed by atoms with Crippen molar-refractivity contribution in [3.05, 3.63) is 29.6 Å². The summed E-state index contributed by atoms with van der Waals surface area (Å²) in [5, 5.41) is 2.61. The molecule has 0 bridgehead atoms. The Morgan fingerprint density at radius 3 is 2.62 bits per heavy atom. The molecule has 1 saturated heterocycles. The van der Waals surface area contributed by atoms with E-state index in [4.69, 9.17) is 9.47 Å². The highest BCUT2D eigenvalue weighted by atomic mass is 28.3. The van der Waals surface area contributed by atoms with Gasteiger partial charge in [0.15, 0.2) is 0 Å². The molecular formula is C22H35F2N3O4Si. The molecule has 1 atom stereocenters. The number of hydrogen-bond donors (Lipinski definition) is 1. The maximum atomic E-state index is 14.7. The molecule has 0 aliphatic carbocycles. The van der Waals surface area contributed by atoms with Crippen LogP contribution in [0.15, 0.2) is 18.3 Å². The molecule has 10 heteroatoms. The van der Waals surface area contributed by atoms with Crippen LogP contribution in [0.4, 0.5) is 18.4 Å². The van der Waals surface area contributed by atoms with E-state index in [9.17, 15) is 18.4 Å². The normalized spacial score (nSPS) is 18.8. The number of hydrogen-bond acceptors (Lipinski definition) is 5. The topological polar surface area (TPSA) is 80.8 Å². The van der Waals surface area contributed by atoms with E-state index >= 15 is 0 Å². The number of piperidine rings is 1. The number of halogens is 2. The molecule has 1 aliphatic rings. The molecule has 2 heterocycles. The van der Waals surface area contributed by atoms with Crippen LogP contribution in [0.3, 0.4) is 0 Å². The lowest BCUT2D eigenvalue weighted by atomic mass is 9.87. The first kappa shape index (κ1) is 26.0. The van der Waals surface area contributed by atoms with Gasteiger partial charge in [0, 0.05) is 33.8 Å². The molecule has 1 aromatic heterocycles. The largest absolute Gasteiger partial charge is 0.450 e. The van der Waals surface area contributed by atoms with Crippen molar-refractivity contribution in [1.29, 1.82) is 0 Å². The van der Waals surface area contributed by atoms with Crippen LogP contribution in [-0.2, 0) is 16.0 Å². The van der Waals surface area contributed by atoms with Gasteiger partial charge in [0.25, 0.3) is 5.92 Å². The summed E-state index contributed by atoms with van der Waals surface area (Å²) in [4.78, 5) is 29.8.